The van der Waals surface area contributed by atoms with Crippen LogP contribution in [0.5, 0.6) is 0 Å². The van der Waals surface area contributed by atoms with Crippen molar-refractivity contribution in [2.75, 3.05) is 12.5 Å². The number of allylic oxidation sites excluding steroid dienone is 1. The highest BCUT2D eigenvalue weighted by molar-refractivity contribution is 6.17. The molecule has 0 saturated carbocycles. The summed E-state index contributed by atoms with van der Waals surface area (Å²) in [6.07, 6.45) is 4.34. The monoisotopic (exact) mass is 275 g/mol. The molecule has 0 aliphatic heterocycles. The standard InChI is InChI=1S/C14H26ClNO2/c1-11(2)10-18-14(17)9-13(16-12(3)4)7-5-6-8-15/h9,11-12,16H,5-8,10H2,1-4H3/b13-9-. The summed E-state index contributed by atoms with van der Waals surface area (Å²) in [5.41, 5.74) is 0.934. The number of ether oxygens (including phenoxy) is 1. The number of carbonyl (C=O) groups is 1. The summed E-state index contributed by atoms with van der Waals surface area (Å²) in [7, 11) is 0. The maximum absolute atomic E-state index is 11.6. The fourth-order valence-electron chi connectivity index (χ4n) is 1.40. The third kappa shape index (κ3) is 10.5. The van der Waals surface area contributed by atoms with E-state index in [1.54, 1.807) is 6.08 Å². The van der Waals surface area contributed by atoms with Crippen LogP contribution < -0.4 is 5.32 Å². The zero-order valence-corrected chi connectivity index (χ0v) is 12.7. The smallest absolute Gasteiger partial charge is 0.332 e. The Morgan fingerprint density at radius 2 is 1.94 bits per heavy atom. The number of carbonyl (C=O) groups excluding carboxylic acids is 1. The number of alkyl halides is 1. The van der Waals surface area contributed by atoms with Gasteiger partial charge in [-0.25, -0.2) is 4.79 Å². The first-order valence-corrected chi connectivity index (χ1v) is 7.19. The van der Waals surface area contributed by atoms with E-state index >= 15 is 0 Å². The Bertz CT molecular complexity index is 263. The van der Waals surface area contributed by atoms with E-state index in [9.17, 15) is 4.79 Å². The Morgan fingerprint density at radius 1 is 1.28 bits per heavy atom. The van der Waals surface area contributed by atoms with Crippen LogP contribution in [0.2, 0.25) is 0 Å². The van der Waals surface area contributed by atoms with Crippen molar-refractivity contribution in [3.05, 3.63) is 11.8 Å². The van der Waals surface area contributed by atoms with Crippen LogP contribution in [-0.2, 0) is 9.53 Å². The molecule has 0 fully saturated rings. The topological polar surface area (TPSA) is 38.3 Å². The van der Waals surface area contributed by atoms with Crippen LogP contribution in [-0.4, -0.2) is 24.5 Å². The summed E-state index contributed by atoms with van der Waals surface area (Å²) in [6, 6.07) is 0.310. The first-order valence-electron chi connectivity index (χ1n) is 6.65. The lowest BCUT2D eigenvalue weighted by atomic mass is 10.2. The molecule has 0 heterocycles. The first kappa shape index (κ1) is 17.3. The van der Waals surface area contributed by atoms with E-state index in [-0.39, 0.29) is 5.97 Å². The Kier molecular flexibility index (Phi) is 9.85. The van der Waals surface area contributed by atoms with E-state index in [0.29, 0.717) is 24.4 Å². The lowest BCUT2D eigenvalue weighted by Crippen LogP contribution is -2.23. The van der Waals surface area contributed by atoms with Gasteiger partial charge in [-0.2, -0.15) is 0 Å². The van der Waals surface area contributed by atoms with Crippen molar-refractivity contribution in [3.63, 3.8) is 0 Å². The van der Waals surface area contributed by atoms with Crippen molar-refractivity contribution < 1.29 is 9.53 Å². The quantitative estimate of drug-likeness (QED) is 0.303. The molecule has 3 nitrogen and oxygen atoms in total. The van der Waals surface area contributed by atoms with Gasteiger partial charge in [-0.15, -0.1) is 11.6 Å². The van der Waals surface area contributed by atoms with E-state index in [1.165, 1.54) is 0 Å². The van der Waals surface area contributed by atoms with Crippen molar-refractivity contribution >= 4 is 17.6 Å². The van der Waals surface area contributed by atoms with Gasteiger partial charge in [0.25, 0.3) is 0 Å². The normalized spacial score (nSPS) is 12.1. The zero-order valence-electron chi connectivity index (χ0n) is 12.0. The van der Waals surface area contributed by atoms with Crippen LogP contribution in [0.3, 0.4) is 0 Å². The summed E-state index contributed by atoms with van der Waals surface area (Å²) >= 11 is 5.65. The summed E-state index contributed by atoms with van der Waals surface area (Å²) in [6.45, 7) is 8.60. The minimum absolute atomic E-state index is 0.266. The van der Waals surface area contributed by atoms with Crippen molar-refractivity contribution in [2.45, 2.75) is 53.0 Å². The van der Waals surface area contributed by atoms with Crippen LogP contribution in [0.4, 0.5) is 0 Å². The number of unbranched alkanes of at least 4 members (excludes halogenated alkanes) is 1. The van der Waals surface area contributed by atoms with E-state index in [0.717, 1.165) is 25.0 Å². The van der Waals surface area contributed by atoms with Gasteiger partial charge in [0.15, 0.2) is 0 Å². The number of halogens is 1. The zero-order chi connectivity index (χ0) is 14.0. The van der Waals surface area contributed by atoms with Gasteiger partial charge in [0.05, 0.1) is 6.61 Å². The predicted molar refractivity (Wildman–Crippen MR) is 76.7 cm³/mol. The van der Waals surface area contributed by atoms with Gasteiger partial charge in [0.1, 0.15) is 0 Å². The molecule has 106 valence electrons. The molecule has 0 radical (unpaired) electrons. The molecule has 1 N–H and O–H groups in total. The highest BCUT2D eigenvalue weighted by Crippen LogP contribution is 2.07. The van der Waals surface area contributed by atoms with Crippen molar-refractivity contribution in [2.24, 2.45) is 5.92 Å². The molecular formula is C14H26ClNO2. The molecule has 18 heavy (non-hydrogen) atoms. The van der Waals surface area contributed by atoms with Gasteiger partial charge >= 0.3 is 5.97 Å². The number of hydrogen-bond acceptors (Lipinski definition) is 3. The van der Waals surface area contributed by atoms with Crippen LogP contribution in [0.15, 0.2) is 11.8 Å². The van der Waals surface area contributed by atoms with E-state index in [4.69, 9.17) is 16.3 Å². The first-order chi connectivity index (χ1) is 8.45. The average Bonchev–Trinajstić information content (AvgIpc) is 2.25. The number of rotatable bonds is 9. The van der Waals surface area contributed by atoms with Crippen molar-refractivity contribution in [1.82, 2.24) is 5.32 Å². The molecule has 0 aliphatic carbocycles. The van der Waals surface area contributed by atoms with Crippen LogP contribution in [0.1, 0.15) is 47.0 Å². The fraction of sp³-hybridized carbons (Fsp3) is 0.786. The Balaban J connectivity index is 4.28. The second-order valence-electron chi connectivity index (χ2n) is 5.14. The van der Waals surface area contributed by atoms with E-state index in [1.807, 2.05) is 13.8 Å². The molecule has 0 unspecified atom stereocenters. The third-order valence-electron chi connectivity index (χ3n) is 2.15. The highest BCUT2D eigenvalue weighted by Gasteiger charge is 2.05. The molecule has 0 bridgehead atoms. The second kappa shape index (κ2) is 10.2. The lowest BCUT2D eigenvalue weighted by Gasteiger charge is -2.14. The third-order valence-corrected chi connectivity index (χ3v) is 2.42. The van der Waals surface area contributed by atoms with Gasteiger partial charge in [-0.05, 0) is 39.0 Å². The van der Waals surface area contributed by atoms with Crippen molar-refractivity contribution in [1.29, 1.82) is 0 Å². The molecule has 0 spiro atoms. The fourth-order valence-corrected chi connectivity index (χ4v) is 1.59. The largest absolute Gasteiger partial charge is 0.462 e. The van der Waals surface area contributed by atoms with Crippen LogP contribution in [0.25, 0.3) is 0 Å². The summed E-state index contributed by atoms with van der Waals surface area (Å²) in [5, 5.41) is 3.27. The van der Waals surface area contributed by atoms with E-state index < -0.39 is 0 Å². The molecular weight excluding hydrogens is 250 g/mol. The Morgan fingerprint density at radius 3 is 2.44 bits per heavy atom. The Labute approximate surface area is 116 Å². The molecule has 0 atom stereocenters. The number of esters is 1. The minimum atomic E-state index is -0.266. The van der Waals surface area contributed by atoms with E-state index in [2.05, 4.69) is 19.2 Å². The summed E-state index contributed by atoms with van der Waals surface area (Å²) in [4.78, 5) is 11.6. The van der Waals surface area contributed by atoms with Crippen molar-refractivity contribution in [3.8, 4) is 0 Å². The molecule has 0 aliphatic rings. The molecule has 0 aromatic heterocycles. The van der Waals surface area contributed by atoms with Gasteiger partial charge in [0.2, 0.25) is 0 Å². The van der Waals surface area contributed by atoms with Gasteiger partial charge in [0, 0.05) is 23.7 Å². The number of hydrogen-bond donors (Lipinski definition) is 1. The molecule has 4 heteroatoms. The minimum Gasteiger partial charge on any atom is -0.462 e. The predicted octanol–water partition coefficient (Wildman–Crippen LogP) is 3.48. The van der Waals surface area contributed by atoms with Gasteiger partial charge in [-0.1, -0.05) is 13.8 Å². The molecule has 0 aromatic rings. The van der Waals surface area contributed by atoms with Crippen LogP contribution >= 0.6 is 11.6 Å². The summed E-state index contributed by atoms with van der Waals surface area (Å²) in [5.74, 6) is 0.755. The maximum atomic E-state index is 11.6. The number of nitrogens with one attached hydrogen (secondary N) is 1. The molecule has 0 aromatic carbocycles. The van der Waals surface area contributed by atoms with Crippen LogP contribution in [0, 0.1) is 5.92 Å². The molecule has 0 rings (SSSR count). The average molecular weight is 276 g/mol. The second-order valence-corrected chi connectivity index (χ2v) is 5.52. The Hall–Kier alpha value is -0.700. The van der Waals surface area contributed by atoms with Gasteiger partial charge in [-0.3, -0.25) is 0 Å². The highest BCUT2D eigenvalue weighted by atomic mass is 35.5. The molecule has 0 saturated heterocycles. The van der Waals surface area contributed by atoms with Gasteiger partial charge < -0.3 is 10.1 Å². The maximum Gasteiger partial charge on any atom is 0.332 e. The SMILES string of the molecule is CC(C)COC(=O)/C=C(/CCCCCl)NC(C)C. The molecule has 0 amide bonds. The lowest BCUT2D eigenvalue weighted by molar-refractivity contribution is -0.138. The summed E-state index contributed by atoms with van der Waals surface area (Å²) < 4.78 is 5.14.